The van der Waals surface area contributed by atoms with Crippen LogP contribution in [0, 0.1) is 0 Å². The van der Waals surface area contributed by atoms with Crippen LogP contribution in [-0.4, -0.2) is 33.7 Å². The van der Waals surface area contributed by atoms with E-state index < -0.39 is 0 Å². The van der Waals surface area contributed by atoms with Gasteiger partial charge < -0.3 is 9.42 Å². The zero-order chi connectivity index (χ0) is 19.1. The summed E-state index contributed by atoms with van der Waals surface area (Å²) in [6, 6.07) is 17.9. The van der Waals surface area contributed by atoms with Crippen molar-refractivity contribution in [3.05, 3.63) is 70.5 Å². The second-order valence-corrected chi connectivity index (χ2v) is 8.08. The molecule has 7 heteroatoms. The van der Waals surface area contributed by atoms with Gasteiger partial charge in [-0.05, 0) is 17.7 Å². The Hall–Kier alpha value is -2.12. The van der Waals surface area contributed by atoms with Crippen LogP contribution < -0.4 is 0 Å². The van der Waals surface area contributed by atoms with Crippen LogP contribution in [0.1, 0.15) is 17.9 Å². The van der Waals surface area contributed by atoms with Gasteiger partial charge in [0.05, 0.1) is 6.54 Å². The Morgan fingerprint density at radius 1 is 1.19 bits per heavy atom. The highest BCUT2D eigenvalue weighted by molar-refractivity contribution is 9.10. The van der Waals surface area contributed by atoms with Gasteiger partial charge in [-0.3, -0.25) is 4.79 Å². The molecule has 5 nitrogen and oxygen atoms in total. The van der Waals surface area contributed by atoms with E-state index in [1.807, 2.05) is 42.5 Å². The number of hydrogen-bond donors (Lipinski definition) is 0. The van der Waals surface area contributed by atoms with E-state index in [2.05, 4.69) is 38.2 Å². The molecule has 0 atom stereocenters. The van der Waals surface area contributed by atoms with Gasteiger partial charge in [0.15, 0.2) is 0 Å². The fraction of sp³-hybridized carbons (Fsp3) is 0.250. The van der Waals surface area contributed by atoms with Crippen molar-refractivity contribution in [1.82, 2.24) is 15.0 Å². The molecule has 0 bridgehead atoms. The number of thioether (sulfide) groups is 1. The van der Waals surface area contributed by atoms with Crippen molar-refractivity contribution in [3.8, 4) is 11.4 Å². The lowest BCUT2D eigenvalue weighted by atomic mass is 10.2. The summed E-state index contributed by atoms with van der Waals surface area (Å²) in [6.45, 7) is 0.309. The molecule has 0 spiro atoms. The first kappa shape index (κ1) is 19.6. The van der Waals surface area contributed by atoms with Gasteiger partial charge in [0.1, 0.15) is 0 Å². The molecule has 0 aliphatic rings. The third-order valence-electron chi connectivity index (χ3n) is 3.92. The molecule has 0 saturated carbocycles. The summed E-state index contributed by atoms with van der Waals surface area (Å²) in [5.74, 6) is 2.71. The number of amides is 1. The first-order chi connectivity index (χ1) is 13.1. The minimum Gasteiger partial charge on any atom is -0.337 e. The van der Waals surface area contributed by atoms with Gasteiger partial charge in [-0.2, -0.15) is 16.7 Å². The molecule has 0 aliphatic heterocycles. The van der Waals surface area contributed by atoms with Gasteiger partial charge in [0.25, 0.3) is 0 Å². The van der Waals surface area contributed by atoms with Gasteiger partial charge in [-0.25, -0.2) is 0 Å². The van der Waals surface area contributed by atoms with Crippen LogP contribution in [0.2, 0.25) is 0 Å². The Morgan fingerprint density at radius 3 is 2.78 bits per heavy atom. The van der Waals surface area contributed by atoms with Crippen molar-refractivity contribution in [2.45, 2.75) is 18.7 Å². The molecule has 0 saturated heterocycles. The number of rotatable bonds is 8. The maximum absolute atomic E-state index is 12.3. The monoisotopic (exact) mass is 445 g/mol. The fourth-order valence-corrected chi connectivity index (χ4v) is 3.76. The molecule has 27 heavy (non-hydrogen) atoms. The highest BCUT2D eigenvalue weighted by atomic mass is 79.9. The summed E-state index contributed by atoms with van der Waals surface area (Å²) in [5.41, 5.74) is 2.14. The molecule has 0 radical (unpaired) electrons. The van der Waals surface area contributed by atoms with E-state index in [0.29, 0.717) is 24.7 Å². The highest BCUT2D eigenvalue weighted by Gasteiger charge is 2.14. The van der Waals surface area contributed by atoms with Crippen LogP contribution in [-0.2, 0) is 17.1 Å². The highest BCUT2D eigenvalue weighted by Crippen LogP contribution is 2.20. The average Bonchev–Trinajstić information content (AvgIpc) is 3.14. The van der Waals surface area contributed by atoms with Gasteiger partial charge in [-0.15, -0.1) is 0 Å². The third kappa shape index (κ3) is 5.94. The summed E-state index contributed by atoms with van der Waals surface area (Å²) in [4.78, 5) is 18.3. The van der Waals surface area contributed by atoms with Crippen LogP contribution in [0.25, 0.3) is 11.4 Å². The number of benzene rings is 2. The molecule has 1 aromatic heterocycles. The summed E-state index contributed by atoms with van der Waals surface area (Å²) in [6.07, 6.45) is 0.487. The van der Waals surface area contributed by atoms with E-state index in [4.69, 9.17) is 4.52 Å². The van der Waals surface area contributed by atoms with Crippen molar-refractivity contribution < 1.29 is 9.32 Å². The van der Waals surface area contributed by atoms with E-state index >= 15 is 0 Å². The van der Waals surface area contributed by atoms with Crippen molar-refractivity contribution in [2.75, 3.05) is 12.8 Å². The number of aromatic nitrogens is 2. The van der Waals surface area contributed by atoms with Crippen LogP contribution in [0.4, 0.5) is 0 Å². The molecule has 0 fully saturated rings. The normalized spacial score (nSPS) is 10.7. The lowest BCUT2D eigenvalue weighted by molar-refractivity contribution is -0.130. The smallest absolute Gasteiger partial charge is 0.246 e. The second-order valence-electron chi connectivity index (χ2n) is 6.06. The minimum absolute atomic E-state index is 0.0674. The summed E-state index contributed by atoms with van der Waals surface area (Å²) >= 11 is 5.19. The molecule has 3 aromatic rings. The maximum Gasteiger partial charge on any atom is 0.246 e. The second kappa shape index (κ2) is 9.71. The van der Waals surface area contributed by atoms with E-state index in [-0.39, 0.29) is 5.91 Å². The molecular weight excluding hydrogens is 426 g/mol. The van der Waals surface area contributed by atoms with Gasteiger partial charge in [-0.1, -0.05) is 63.6 Å². The Balaban J connectivity index is 1.45. The standard InChI is InChI=1S/C20H20BrN3O2S/c1-24(19(25)10-11-27-14-15-6-3-2-4-7-15)13-18-22-20(23-26-18)16-8-5-9-17(21)12-16/h2-9,12H,10-11,13-14H2,1H3. The van der Waals surface area contributed by atoms with Crippen LogP contribution >= 0.6 is 27.7 Å². The van der Waals surface area contributed by atoms with Gasteiger partial charge in [0.2, 0.25) is 17.6 Å². The molecule has 0 aliphatic carbocycles. The summed E-state index contributed by atoms with van der Waals surface area (Å²) in [7, 11) is 1.76. The van der Waals surface area contributed by atoms with E-state index in [1.54, 1.807) is 23.7 Å². The zero-order valence-electron chi connectivity index (χ0n) is 15.0. The van der Waals surface area contributed by atoms with E-state index in [9.17, 15) is 4.79 Å². The SMILES string of the molecule is CN(Cc1nc(-c2cccc(Br)c2)no1)C(=O)CCSCc1ccccc1. The Labute approximate surface area is 171 Å². The molecular formula is C20H20BrN3O2S. The number of hydrogen-bond acceptors (Lipinski definition) is 5. The third-order valence-corrected chi connectivity index (χ3v) is 5.44. The largest absolute Gasteiger partial charge is 0.337 e. The van der Waals surface area contributed by atoms with Gasteiger partial charge in [0, 0.05) is 35.0 Å². The van der Waals surface area contributed by atoms with Gasteiger partial charge >= 0.3 is 0 Å². The van der Waals surface area contributed by atoms with Crippen molar-refractivity contribution >= 4 is 33.6 Å². The van der Waals surface area contributed by atoms with Crippen LogP contribution in [0.3, 0.4) is 0 Å². The molecule has 2 aromatic carbocycles. The first-order valence-corrected chi connectivity index (χ1v) is 10.5. The molecule has 1 amide bonds. The lowest BCUT2D eigenvalue weighted by Crippen LogP contribution is -2.26. The molecule has 1 heterocycles. The quantitative estimate of drug-likeness (QED) is 0.466. The number of carbonyl (C=O) groups excluding carboxylic acids is 1. The Morgan fingerprint density at radius 2 is 2.00 bits per heavy atom. The zero-order valence-corrected chi connectivity index (χ0v) is 17.4. The van der Waals surface area contributed by atoms with Crippen LogP contribution in [0.5, 0.6) is 0 Å². The Bertz CT molecular complexity index is 886. The molecule has 3 rings (SSSR count). The summed E-state index contributed by atoms with van der Waals surface area (Å²) in [5, 5.41) is 4.00. The Kier molecular flexibility index (Phi) is 7.06. The molecule has 0 unspecified atom stereocenters. The summed E-state index contributed by atoms with van der Waals surface area (Å²) < 4.78 is 6.24. The first-order valence-electron chi connectivity index (χ1n) is 8.56. The number of nitrogens with zero attached hydrogens (tertiary/aromatic N) is 3. The van der Waals surface area contributed by atoms with Crippen LogP contribution in [0.15, 0.2) is 63.6 Å². The fourth-order valence-electron chi connectivity index (χ4n) is 2.47. The number of carbonyl (C=O) groups is 1. The molecule has 0 N–H and O–H groups in total. The maximum atomic E-state index is 12.3. The molecule has 140 valence electrons. The lowest BCUT2D eigenvalue weighted by Gasteiger charge is -2.14. The predicted molar refractivity (Wildman–Crippen MR) is 111 cm³/mol. The topological polar surface area (TPSA) is 59.2 Å². The predicted octanol–water partition coefficient (Wildman–Crippen LogP) is 4.78. The van der Waals surface area contributed by atoms with Crippen molar-refractivity contribution in [1.29, 1.82) is 0 Å². The van der Waals surface area contributed by atoms with E-state index in [0.717, 1.165) is 21.5 Å². The van der Waals surface area contributed by atoms with E-state index in [1.165, 1.54) is 5.56 Å². The average molecular weight is 446 g/mol. The van der Waals surface area contributed by atoms with Crippen molar-refractivity contribution in [3.63, 3.8) is 0 Å². The van der Waals surface area contributed by atoms with Crippen molar-refractivity contribution in [2.24, 2.45) is 0 Å². The number of halogens is 1. The minimum atomic E-state index is 0.0674.